The van der Waals surface area contributed by atoms with Crippen LogP contribution in [0.25, 0.3) is 11.1 Å². The minimum atomic E-state index is -1.02. The van der Waals surface area contributed by atoms with Gasteiger partial charge in [0.25, 0.3) is 0 Å². The molecule has 3 rings (SSSR count). The maximum Gasteiger partial charge on any atom is 0.407 e. The highest BCUT2D eigenvalue weighted by Gasteiger charge is 2.32. The van der Waals surface area contributed by atoms with Crippen molar-refractivity contribution in [2.75, 3.05) is 20.3 Å². The van der Waals surface area contributed by atoms with Gasteiger partial charge in [-0.3, -0.25) is 9.59 Å². The van der Waals surface area contributed by atoms with Gasteiger partial charge in [-0.05, 0) is 36.1 Å². The lowest BCUT2D eigenvalue weighted by Gasteiger charge is -2.28. The summed E-state index contributed by atoms with van der Waals surface area (Å²) in [5, 5.41) is 14.3. The van der Waals surface area contributed by atoms with Crippen molar-refractivity contribution >= 4 is 18.0 Å². The molecule has 8 heteroatoms. The van der Waals surface area contributed by atoms with Crippen LogP contribution >= 0.6 is 0 Å². The minimum absolute atomic E-state index is 0.0511. The molecule has 0 aliphatic heterocycles. The zero-order valence-corrected chi connectivity index (χ0v) is 20.0. The number of ether oxygens (including phenoxy) is 2. The monoisotopic (exact) mass is 468 g/mol. The average molecular weight is 469 g/mol. The highest BCUT2D eigenvalue weighted by atomic mass is 16.5. The van der Waals surface area contributed by atoms with E-state index >= 15 is 0 Å². The molecule has 2 aromatic carbocycles. The maximum atomic E-state index is 12.8. The van der Waals surface area contributed by atoms with Crippen molar-refractivity contribution in [3.63, 3.8) is 0 Å². The smallest absolute Gasteiger partial charge is 0.407 e. The van der Waals surface area contributed by atoms with Crippen LogP contribution in [0, 0.1) is 5.92 Å². The summed E-state index contributed by atoms with van der Waals surface area (Å²) in [6.07, 6.45) is -0.541. The summed E-state index contributed by atoms with van der Waals surface area (Å²) in [7, 11) is 1.52. The quantitative estimate of drug-likeness (QED) is 0.491. The number of amides is 2. The van der Waals surface area contributed by atoms with E-state index in [1.54, 1.807) is 13.8 Å². The first-order valence-corrected chi connectivity index (χ1v) is 11.3. The van der Waals surface area contributed by atoms with Crippen LogP contribution < -0.4 is 10.6 Å². The topological polar surface area (TPSA) is 114 Å². The average Bonchev–Trinajstić information content (AvgIpc) is 3.14. The molecule has 8 nitrogen and oxygen atoms in total. The van der Waals surface area contributed by atoms with Gasteiger partial charge in [-0.15, -0.1) is 0 Å². The summed E-state index contributed by atoms with van der Waals surface area (Å²) in [6, 6.07) is 15.1. The Morgan fingerprint density at radius 3 is 2.12 bits per heavy atom. The fourth-order valence-corrected chi connectivity index (χ4v) is 4.03. The number of nitrogens with one attached hydrogen (secondary N) is 2. The molecule has 2 atom stereocenters. The number of carbonyl (C=O) groups excluding carboxylic acids is 2. The van der Waals surface area contributed by atoms with Crippen molar-refractivity contribution in [1.29, 1.82) is 0 Å². The second kappa shape index (κ2) is 10.7. The molecule has 3 N–H and O–H groups in total. The molecule has 0 fully saturated rings. The normalized spacial score (nSPS) is 14.5. The van der Waals surface area contributed by atoms with Crippen LogP contribution in [0.2, 0.25) is 0 Å². The number of methoxy groups -OCH3 is 1. The third kappa shape index (κ3) is 5.94. The van der Waals surface area contributed by atoms with Crippen LogP contribution in [-0.2, 0) is 19.1 Å². The summed E-state index contributed by atoms with van der Waals surface area (Å²) < 4.78 is 11.0. The largest absolute Gasteiger partial charge is 0.481 e. The second-order valence-electron chi connectivity index (χ2n) is 9.17. The third-order valence-corrected chi connectivity index (χ3v) is 6.20. The van der Waals surface area contributed by atoms with Gasteiger partial charge in [0.15, 0.2) is 0 Å². The lowest BCUT2D eigenvalue weighted by molar-refractivity contribution is -0.141. The van der Waals surface area contributed by atoms with E-state index in [2.05, 4.69) is 22.8 Å². The first-order valence-electron chi connectivity index (χ1n) is 11.3. The van der Waals surface area contributed by atoms with Gasteiger partial charge in [-0.25, -0.2) is 4.79 Å². The molecule has 0 saturated carbocycles. The first-order chi connectivity index (χ1) is 16.1. The van der Waals surface area contributed by atoms with Crippen LogP contribution in [0.15, 0.2) is 48.5 Å². The molecular weight excluding hydrogens is 436 g/mol. The van der Waals surface area contributed by atoms with Crippen molar-refractivity contribution in [3.8, 4) is 11.1 Å². The van der Waals surface area contributed by atoms with Crippen LogP contribution in [0.1, 0.15) is 44.2 Å². The number of carboxylic acid groups (broad SMARTS) is 1. The Bertz CT molecular complexity index is 1010. The molecule has 0 bridgehead atoms. The third-order valence-electron chi connectivity index (χ3n) is 6.20. The number of fused-ring (bicyclic) bond motifs is 3. The summed E-state index contributed by atoms with van der Waals surface area (Å²) >= 11 is 0. The van der Waals surface area contributed by atoms with E-state index in [1.807, 2.05) is 36.4 Å². The van der Waals surface area contributed by atoms with Crippen molar-refractivity contribution in [3.05, 3.63) is 59.7 Å². The van der Waals surface area contributed by atoms with E-state index in [4.69, 9.17) is 14.6 Å². The zero-order chi connectivity index (χ0) is 24.9. The Balaban J connectivity index is 1.67. The molecule has 1 aliphatic rings. The van der Waals surface area contributed by atoms with Gasteiger partial charge in [0.1, 0.15) is 12.6 Å². The predicted molar refractivity (Wildman–Crippen MR) is 128 cm³/mol. The van der Waals surface area contributed by atoms with Gasteiger partial charge >= 0.3 is 12.1 Å². The second-order valence-corrected chi connectivity index (χ2v) is 9.17. The van der Waals surface area contributed by atoms with Crippen LogP contribution in [0.4, 0.5) is 4.79 Å². The van der Waals surface area contributed by atoms with Crippen molar-refractivity contribution in [2.24, 2.45) is 5.92 Å². The molecule has 182 valence electrons. The fraction of sp³-hybridized carbons (Fsp3) is 0.423. The van der Waals surface area contributed by atoms with Crippen LogP contribution in [-0.4, -0.2) is 55.0 Å². The number of carbonyl (C=O) groups is 3. The molecule has 0 saturated heterocycles. The summed E-state index contributed by atoms with van der Waals surface area (Å²) in [6.45, 7) is 5.16. The van der Waals surface area contributed by atoms with Gasteiger partial charge in [0.2, 0.25) is 5.91 Å². The molecule has 0 aromatic heterocycles. The lowest BCUT2D eigenvalue weighted by atomic mass is 9.98. The lowest BCUT2D eigenvalue weighted by Crippen LogP contribution is -2.51. The highest BCUT2D eigenvalue weighted by Crippen LogP contribution is 2.44. The van der Waals surface area contributed by atoms with E-state index in [9.17, 15) is 14.4 Å². The van der Waals surface area contributed by atoms with Crippen LogP contribution in [0.5, 0.6) is 0 Å². The number of benzene rings is 2. The molecule has 0 radical (unpaired) electrons. The molecule has 0 spiro atoms. The first kappa shape index (κ1) is 25.2. The molecule has 2 amide bonds. The minimum Gasteiger partial charge on any atom is -0.481 e. The molecular formula is C26H32N2O6. The standard InChI is InChI=1S/C26H32N2O6/c1-16(24(30)31)14-27-23(29)22(13-26(2,3)33-4)28-25(32)34-15-21-19-11-7-5-9-17(19)18-10-6-8-12-20(18)21/h5-12,16,21-22H,13-15H2,1-4H3,(H,27,29)(H,28,32)(H,30,31). The maximum absolute atomic E-state index is 12.8. The number of carboxylic acids is 1. The Labute approximate surface area is 199 Å². The summed E-state index contributed by atoms with van der Waals surface area (Å²) in [5.41, 5.74) is 3.73. The Kier molecular flexibility index (Phi) is 7.94. The van der Waals surface area contributed by atoms with Crippen molar-refractivity contribution < 1.29 is 29.0 Å². The Hall–Kier alpha value is -3.39. The van der Waals surface area contributed by atoms with E-state index < -0.39 is 35.5 Å². The molecule has 1 aliphatic carbocycles. The summed E-state index contributed by atoms with van der Waals surface area (Å²) in [4.78, 5) is 36.5. The van der Waals surface area contributed by atoms with E-state index in [-0.39, 0.29) is 25.5 Å². The number of rotatable bonds is 10. The number of alkyl carbamates (subject to hydrolysis) is 1. The summed E-state index contributed by atoms with van der Waals surface area (Å²) in [5.74, 6) is -2.36. The van der Waals surface area contributed by atoms with Gasteiger partial charge in [-0.2, -0.15) is 0 Å². The van der Waals surface area contributed by atoms with Gasteiger partial charge in [0, 0.05) is 26.0 Å². The van der Waals surface area contributed by atoms with Crippen LogP contribution in [0.3, 0.4) is 0 Å². The zero-order valence-electron chi connectivity index (χ0n) is 20.0. The Morgan fingerprint density at radius 2 is 1.59 bits per heavy atom. The van der Waals surface area contributed by atoms with Crippen molar-refractivity contribution in [1.82, 2.24) is 10.6 Å². The predicted octanol–water partition coefficient (Wildman–Crippen LogP) is 3.55. The van der Waals surface area contributed by atoms with Gasteiger partial charge in [-0.1, -0.05) is 55.5 Å². The van der Waals surface area contributed by atoms with E-state index in [1.165, 1.54) is 14.0 Å². The van der Waals surface area contributed by atoms with E-state index in [0.717, 1.165) is 22.3 Å². The fourth-order valence-electron chi connectivity index (χ4n) is 4.03. The number of hydrogen-bond acceptors (Lipinski definition) is 5. The SMILES string of the molecule is COC(C)(C)CC(NC(=O)OCC1c2ccccc2-c2ccccc21)C(=O)NCC(C)C(=O)O. The molecule has 0 heterocycles. The van der Waals surface area contributed by atoms with Gasteiger partial charge < -0.3 is 25.2 Å². The highest BCUT2D eigenvalue weighted by molar-refractivity contribution is 5.86. The number of aliphatic carboxylic acids is 1. The molecule has 2 aromatic rings. The van der Waals surface area contributed by atoms with Crippen molar-refractivity contribution in [2.45, 2.75) is 44.8 Å². The number of hydrogen-bond donors (Lipinski definition) is 3. The molecule has 34 heavy (non-hydrogen) atoms. The van der Waals surface area contributed by atoms with E-state index in [0.29, 0.717) is 0 Å². The van der Waals surface area contributed by atoms with Gasteiger partial charge in [0.05, 0.1) is 11.5 Å². The molecule has 2 unspecified atom stereocenters. The Morgan fingerprint density at radius 1 is 1.03 bits per heavy atom.